The third-order valence-corrected chi connectivity index (χ3v) is 4.51. The minimum Gasteiger partial charge on any atom is -0.389 e. The summed E-state index contributed by atoms with van der Waals surface area (Å²) in [6, 6.07) is 2.76. The lowest BCUT2D eigenvalue weighted by Crippen LogP contribution is -2.39. The van der Waals surface area contributed by atoms with E-state index in [4.69, 9.17) is 0 Å². The quantitative estimate of drug-likeness (QED) is 0.777. The molecule has 2 rings (SSSR count). The van der Waals surface area contributed by atoms with Crippen LogP contribution in [0.2, 0.25) is 0 Å². The van der Waals surface area contributed by atoms with Crippen LogP contribution >= 0.6 is 0 Å². The standard InChI is InChI=1S/C18H20F4N2O2/c1-12(2)17(26,10-16(25)24-8-7-23-11-24)6-5-13-3-4-15(19)14(9-13)18(20,21)22/h3-4,7-9,11-12,26H,5-6,10H2,1-2H3. The average molecular weight is 372 g/mol. The lowest BCUT2D eigenvalue weighted by molar-refractivity contribution is -0.140. The number of alkyl halides is 3. The molecule has 2 aromatic rings. The summed E-state index contributed by atoms with van der Waals surface area (Å²) in [4.78, 5) is 16.0. The molecule has 0 aliphatic rings. The number of aromatic nitrogens is 2. The van der Waals surface area contributed by atoms with Gasteiger partial charge in [-0.25, -0.2) is 9.37 Å². The third-order valence-electron chi connectivity index (χ3n) is 4.51. The van der Waals surface area contributed by atoms with Gasteiger partial charge in [-0.1, -0.05) is 19.9 Å². The van der Waals surface area contributed by atoms with Crippen molar-refractivity contribution in [2.24, 2.45) is 5.92 Å². The monoisotopic (exact) mass is 372 g/mol. The molecule has 26 heavy (non-hydrogen) atoms. The van der Waals surface area contributed by atoms with Gasteiger partial charge in [0.05, 0.1) is 17.6 Å². The normalized spacial score (nSPS) is 14.5. The fourth-order valence-electron chi connectivity index (χ4n) is 2.65. The molecule has 0 aliphatic heterocycles. The van der Waals surface area contributed by atoms with Crippen LogP contribution in [0.25, 0.3) is 0 Å². The summed E-state index contributed by atoms with van der Waals surface area (Å²) in [6.45, 7) is 3.46. The fraction of sp³-hybridized carbons (Fsp3) is 0.444. The molecular weight excluding hydrogens is 352 g/mol. The summed E-state index contributed by atoms with van der Waals surface area (Å²) in [5.74, 6) is -2.01. The van der Waals surface area contributed by atoms with Crippen molar-refractivity contribution in [2.75, 3.05) is 0 Å². The minimum absolute atomic E-state index is 0.0635. The van der Waals surface area contributed by atoms with Gasteiger partial charge >= 0.3 is 6.18 Å². The summed E-state index contributed by atoms with van der Waals surface area (Å²) >= 11 is 0. The number of aliphatic hydroxyl groups is 1. The molecular formula is C18H20F4N2O2. The van der Waals surface area contributed by atoms with Crippen LogP contribution in [-0.2, 0) is 12.6 Å². The van der Waals surface area contributed by atoms with Crippen molar-refractivity contribution >= 4 is 5.91 Å². The Kier molecular flexibility index (Phi) is 5.85. The Hall–Kier alpha value is -2.22. The molecule has 1 N–H and O–H groups in total. The van der Waals surface area contributed by atoms with E-state index in [-0.39, 0.29) is 36.7 Å². The van der Waals surface area contributed by atoms with Gasteiger partial charge in [0.1, 0.15) is 12.1 Å². The van der Waals surface area contributed by atoms with Crippen molar-refractivity contribution < 1.29 is 27.5 Å². The molecule has 0 saturated heterocycles. The van der Waals surface area contributed by atoms with Crippen molar-refractivity contribution in [3.63, 3.8) is 0 Å². The van der Waals surface area contributed by atoms with Gasteiger partial charge in [0.15, 0.2) is 0 Å². The molecule has 0 radical (unpaired) electrons. The second kappa shape index (κ2) is 7.57. The number of nitrogens with zero attached hydrogens (tertiary/aromatic N) is 2. The van der Waals surface area contributed by atoms with Gasteiger partial charge in [-0.05, 0) is 36.5 Å². The highest BCUT2D eigenvalue weighted by Crippen LogP contribution is 2.33. The van der Waals surface area contributed by atoms with Crippen LogP contribution in [0.5, 0.6) is 0 Å². The fourth-order valence-corrected chi connectivity index (χ4v) is 2.65. The molecule has 0 bridgehead atoms. The van der Waals surface area contributed by atoms with E-state index in [1.165, 1.54) is 29.4 Å². The SMILES string of the molecule is CC(C)C(O)(CCc1ccc(F)c(C(F)(F)F)c1)CC(=O)n1ccnc1. The lowest BCUT2D eigenvalue weighted by Gasteiger charge is -2.32. The zero-order valence-electron chi connectivity index (χ0n) is 14.4. The first kappa shape index (κ1) is 20.1. The topological polar surface area (TPSA) is 55.1 Å². The Morgan fingerprint density at radius 3 is 2.54 bits per heavy atom. The summed E-state index contributed by atoms with van der Waals surface area (Å²) in [6.07, 6.45) is -0.635. The van der Waals surface area contributed by atoms with Crippen molar-refractivity contribution in [1.82, 2.24) is 9.55 Å². The Morgan fingerprint density at radius 2 is 2.00 bits per heavy atom. The van der Waals surface area contributed by atoms with Crippen molar-refractivity contribution in [3.05, 3.63) is 53.9 Å². The highest BCUT2D eigenvalue weighted by atomic mass is 19.4. The highest BCUT2D eigenvalue weighted by Gasteiger charge is 2.36. The molecule has 0 aliphatic carbocycles. The first-order valence-corrected chi connectivity index (χ1v) is 8.12. The Bertz CT molecular complexity index is 757. The molecule has 8 heteroatoms. The molecule has 0 fully saturated rings. The van der Waals surface area contributed by atoms with Crippen LogP contribution in [0.4, 0.5) is 17.6 Å². The van der Waals surface area contributed by atoms with Gasteiger partial charge in [0.2, 0.25) is 5.91 Å². The third kappa shape index (κ3) is 4.69. The number of carbonyl (C=O) groups excluding carboxylic acids is 1. The van der Waals surface area contributed by atoms with Crippen LogP contribution in [-0.4, -0.2) is 26.2 Å². The second-order valence-corrected chi connectivity index (χ2v) is 6.61. The molecule has 1 unspecified atom stereocenters. The number of halogens is 4. The second-order valence-electron chi connectivity index (χ2n) is 6.61. The van der Waals surface area contributed by atoms with Crippen LogP contribution in [0.15, 0.2) is 36.9 Å². The van der Waals surface area contributed by atoms with Crippen LogP contribution in [0.3, 0.4) is 0 Å². The van der Waals surface area contributed by atoms with Gasteiger partial charge in [0.25, 0.3) is 0 Å². The van der Waals surface area contributed by atoms with Gasteiger partial charge in [-0.2, -0.15) is 13.2 Å². The average Bonchev–Trinajstić information content (AvgIpc) is 3.07. The zero-order chi connectivity index (χ0) is 19.5. The number of aryl methyl sites for hydroxylation is 1. The first-order chi connectivity index (χ1) is 12.0. The number of benzene rings is 1. The maximum atomic E-state index is 13.4. The minimum atomic E-state index is -4.79. The van der Waals surface area contributed by atoms with E-state index in [2.05, 4.69) is 4.98 Å². The maximum absolute atomic E-state index is 13.4. The summed E-state index contributed by atoms with van der Waals surface area (Å²) in [5, 5.41) is 10.9. The van der Waals surface area contributed by atoms with Crippen molar-refractivity contribution in [2.45, 2.75) is 44.9 Å². The van der Waals surface area contributed by atoms with Gasteiger partial charge in [-0.3, -0.25) is 9.36 Å². The Morgan fingerprint density at radius 1 is 1.31 bits per heavy atom. The Labute approximate surface area is 148 Å². The predicted octanol–water partition coefficient (Wildman–Crippen LogP) is 4.09. The molecule has 4 nitrogen and oxygen atoms in total. The predicted molar refractivity (Wildman–Crippen MR) is 87.0 cm³/mol. The molecule has 0 amide bonds. The van der Waals surface area contributed by atoms with E-state index in [0.29, 0.717) is 0 Å². The number of hydrogen-bond donors (Lipinski definition) is 1. The van der Waals surface area contributed by atoms with Gasteiger partial charge < -0.3 is 5.11 Å². The molecule has 1 heterocycles. The summed E-state index contributed by atoms with van der Waals surface area (Å²) < 4.78 is 53.1. The Balaban J connectivity index is 2.15. The van der Waals surface area contributed by atoms with Crippen molar-refractivity contribution in [1.29, 1.82) is 0 Å². The van der Waals surface area contributed by atoms with Crippen molar-refractivity contribution in [3.8, 4) is 0 Å². The molecule has 1 atom stereocenters. The molecule has 142 valence electrons. The molecule has 0 spiro atoms. The van der Waals surface area contributed by atoms with E-state index in [0.717, 1.165) is 12.1 Å². The van der Waals surface area contributed by atoms with E-state index >= 15 is 0 Å². The smallest absolute Gasteiger partial charge is 0.389 e. The van der Waals surface area contributed by atoms with Crippen LogP contribution in [0.1, 0.15) is 42.6 Å². The summed E-state index contributed by atoms with van der Waals surface area (Å²) in [5.41, 5.74) is -2.50. The zero-order valence-corrected chi connectivity index (χ0v) is 14.4. The lowest BCUT2D eigenvalue weighted by atomic mass is 9.81. The largest absolute Gasteiger partial charge is 0.419 e. The van der Waals surface area contributed by atoms with Crippen LogP contribution in [0, 0.1) is 11.7 Å². The van der Waals surface area contributed by atoms with E-state index in [9.17, 15) is 27.5 Å². The van der Waals surface area contributed by atoms with E-state index in [1.54, 1.807) is 13.8 Å². The molecule has 1 aromatic heterocycles. The van der Waals surface area contributed by atoms with Gasteiger partial charge in [0, 0.05) is 12.4 Å². The van der Waals surface area contributed by atoms with E-state index < -0.39 is 23.2 Å². The number of rotatable bonds is 6. The maximum Gasteiger partial charge on any atom is 0.419 e. The van der Waals surface area contributed by atoms with Gasteiger partial charge in [-0.15, -0.1) is 0 Å². The first-order valence-electron chi connectivity index (χ1n) is 8.12. The number of carbonyl (C=O) groups is 1. The summed E-state index contributed by atoms with van der Waals surface area (Å²) in [7, 11) is 0. The highest BCUT2D eigenvalue weighted by molar-refractivity contribution is 5.79. The van der Waals surface area contributed by atoms with Crippen LogP contribution < -0.4 is 0 Å². The molecule has 0 saturated carbocycles. The van der Waals surface area contributed by atoms with E-state index in [1.807, 2.05) is 0 Å². The molecule has 1 aromatic carbocycles. The number of hydrogen-bond acceptors (Lipinski definition) is 3. The number of imidazole rings is 1.